The maximum Gasteiger partial charge on any atom is 0.141 e. The highest BCUT2D eigenvalue weighted by Crippen LogP contribution is 2.28. The van der Waals surface area contributed by atoms with E-state index >= 15 is 0 Å². The fourth-order valence-electron chi connectivity index (χ4n) is 2.90. The number of nitrogens with zero attached hydrogens (tertiary/aromatic N) is 2. The van der Waals surface area contributed by atoms with Crippen molar-refractivity contribution in [3.63, 3.8) is 0 Å². The minimum absolute atomic E-state index is 0.716. The van der Waals surface area contributed by atoms with E-state index < -0.39 is 0 Å². The lowest BCUT2D eigenvalue weighted by atomic mass is 10.2. The largest absolute Gasteiger partial charge is 0.319 e. The van der Waals surface area contributed by atoms with Crippen LogP contribution in [0.2, 0.25) is 5.02 Å². The van der Waals surface area contributed by atoms with Gasteiger partial charge in [-0.15, -0.1) is 0 Å². The maximum absolute atomic E-state index is 6.18. The third kappa shape index (κ3) is 2.97. The summed E-state index contributed by atoms with van der Waals surface area (Å²) < 4.78 is 3.32. The van der Waals surface area contributed by atoms with Gasteiger partial charge in [0.05, 0.1) is 11.0 Å². The number of benzene rings is 3. The molecule has 0 saturated heterocycles. The lowest BCUT2D eigenvalue weighted by Crippen LogP contribution is -2.02. The Morgan fingerprint density at radius 2 is 1.75 bits per heavy atom. The molecule has 0 atom stereocenters. The van der Waals surface area contributed by atoms with Gasteiger partial charge in [-0.3, -0.25) is 0 Å². The molecule has 0 spiro atoms. The summed E-state index contributed by atoms with van der Waals surface area (Å²) in [6, 6.07) is 24.4. The summed E-state index contributed by atoms with van der Waals surface area (Å²) in [7, 11) is 0. The van der Waals surface area contributed by atoms with Gasteiger partial charge < -0.3 is 4.57 Å². The standard InChI is InChI=1S/C20H14BrClN2/c21-16-7-3-5-14(11-16)13-24-19-10-2-1-9-18(19)23-20(24)15-6-4-8-17(22)12-15/h1-12H,13H2. The first kappa shape index (κ1) is 15.4. The van der Waals surface area contributed by atoms with E-state index in [2.05, 4.69) is 44.8 Å². The molecule has 4 aromatic rings. The number of imidazole rings is 1. The second kappa shape index (κ2) is 6.42. The molecule has 3 aromatic carbocycles. The molecule has 24 heavy (non-hydrogen) atoms. The van der Waals surface area contributed by atoms with Crippen LogP contribution in [0.15, 0.2) is 77.3 Å². The van der Waals surface area contributed by atoms with Gasteiger partial charge >= 0.3 is 0 Å². The average Bonchev–Trinajstić information content (AvgIpc) is 2.94. The molecule has 0 unspecified atom stereocenters. The highest BCUT2D eigenvalue weighted by Gasteiger charge is 2.13. The Balaban J connectivity index is 1.90. The first-order valence-electron chi connectivity index (χ1n) is 7.66. The van der Waals surface area contributed by atoms with Crippen LogP contribution in [0.25, 0.3) is 22.4 Å². The molecule has 4 rings (SSSR count). The summed E-state index contributed by atoms with van der Waals surface area (Å²) >= 11 is 9.73. The minimum atomic E-state index is 0.716. The second-order valence-corrected chi connectivity index (χ2v) is 7.00. The van der Waals surface area contributed by atoms with Crippen LogP contribution in [0.1, 0.15) is 5.56 Å². The number of hydrogen-bond acceptors (Lipinski definition) is 1. The van der Waals surface area contributed by atoms with E-state index in [0.717, 1.165) is 33.4 Å². The van der Waals surface area contributed by atoms with Crippen molar-refractivity contribution in [3.05, 3.63) is 87.9 Å². The summed E-state index contributed by atoms with van der Waals surface area (Å²) in [4.78, 5) is 4.84. The predicted molar refractivity (Wildman–Crippen MR) is 103 cm³/mol. The average molecular weight is 398 g/mol. The van der Waals surface area contributed by atoms with Crippen LogP contribution >= 0.6 is 27.5 Å². The number of fused-ring (bicyclic) bond motifs is 1. The van der Waals surface area contributed by atoms with Crippen molar-refractivity contribution in [3.8, 4) is 11.4 Å². The van der Waals surface area contributed by atoms with Crippen molar-refractivity contribution >= 4 is 38.6 Å². The number of aromatic nitrogens is 2. The summed E-state index contributed by atoms with van der Waals surface area (Å²) in [6.45, 7) is 0.752. The third-order valence-corrected chi connectivity index (χ3v) is 4.70. The van der Waals surface area contributed by atoms with E-state index in [4.69, 9.17) is 16.6 Å². The fraction of sp³-hybridized carbons (Fsp3) is 0.0500. The summed E-state index contributed by atoms with van der Waals surface area (Å²) in [5.41, 5.74) is 4.35. The highest BCUT2D eigenvalue weighted by atomic mass is 79.9. The number of hydrogen-bond donors (Lipinski definition) is 0. The van der Waals surface area contributed by atoms with E-state index in [9.17, 15) is 0 Å². The van der Waals surface area contributed by atoms with Gasteiger partial charge in [-0.25, -0.2) is 4.98 Å². The van der Waals surface area contributed by atoms with E-state index in [1.165, 1.54) is 5.56 Å². The molecule has 0 radical (unpaired) electrons. The van der Waals surface area contributed by atoms with Crippen LogP contribution in [0.3, 0.4) is 0 Å². The molecule has 0 bridgehead atoms. The Bertz CT molecular complexity index is 1020. The molecule has 0 N–H and O–H groups in total. The van der Waals surface area contributed by atoms with Crippen molar-refractivity contribution in [2.24, 2.45) is 0 Å². The molecule has 0 aliphatic rings. The normalized spacial score (nSPS) is 11.1. The summed E-state index contributed by atoms with van der Waals surface area (Å²) in [6.07, 6.45) is 0. The Kier molecular flexibility index (Phi) is 4.13. The topological polar surface area (TPSA) is 17.8 Å². The lowest BCUT2D eigenvalue weighted by Gasteiger charge is -2.10. The molecule has 1 aromatic heterocycles. The maximum atomic E-state index is 6.18. The lowest BCUT2D eigenvalue weighted by molar-refractivity contribution is 0.834. The monoisotopic (exact) mass is 396 g/mol. The zero-order valence-corrected chi connectivity index (χ0v) is 15.1. The van der Waals surface area contributed by atoms with E-state index in [-0.39, 0.29) is 0 Å². The van der Waals surface area contributed by atoms with E-state index in [1.54, 1.807) is 0 Å². The van der Waals surface area contributed by atoms with Gasteiger partial charge in [0.2, 0.25) is 0 Å². The smallest absolute Gasteiger partial charge is 0.141 e. The van der Waals surface area contributed by atoms with Crippen molar-refractivity contribution in [2.75, 3.05) is 0 Å². The van der Waals surface area contributed by atoms with Crippen LogP contribution < -0.4 is 0 Å². The van der Waals surface area contributed by atoms with E-state index in [0.29, 0.717) is 5.02 Å². The van der Waals surface area contributed by atoms with Crippen LogP contribution in [0.4, 0.5) is 0 Å². The molecule has 118 valence electrons. The molecule has 0 fully saturated rings. The molecule has 0 amide bonds. The number of halogens is 2. The highest BCUT2D eigenvalue weighted by molar-refractivity contribution is 9.10. The van der Waals surface area contributed by atoms with Gasteiger partial charge in [0, 0.05) is 21.6 Å². The first-order valence-corrected chi connectivity index (χ1v) is 8.83. The molecule has 0 saturated carbocycles. The van der Waals surface area contributed by atoms with Gasteiger partial charge in [0.25, 0.3) is 0 Å². The molecular weight excluding hydrogens is 384 g/mol. The quantitative estimate of drug-likeness (QED) is 0.404. The van der Waals surface area contributed by atoms with Gasteiger partial charge in [-0.05, 0) is 42.0 Å². The second-order valence-electron chi connectivity index (χ2n) is 5.65. The van der Waals surface area contributed by atoms with Crippen molar-refractivity contribution in [1.29, 1.82) is 0 Å². The van der Waals surface area contributed by atoms with Crippen molar-refractivity contribution < 1.29 is 0 Å². The first-order chi connectivity index (χ1) is 11.7. The van der Waals surface area contributed by atoms with Crippen LogP contribution in [0.5, 0.6) is 0 Å². The molecule has 1 heterocycles. The number of para-hydroxylation sites is 2. The third-order valence-electron chi connectivity index (χ3n) is 3.97. The fourth-order valence-corrected chi connectivity index (χ4v) is 3.54. The van der Waals surface area contributed by atoms with Crippen LogP contribution in [-0.2, 0) is 6.54 Å². The van der Waals surface area contributed by atoms with Gasteiger partial charge in [-0.1, -0.05) is 63.9 Å². The molecule has 4 heteroatoms. The Labute approximate surface area is 153 Å². The Hall–Kier alpha value is -2.10. The molecular formula is C20H14BrClN2. The zero-order valence-electron chi connectivity index (χ0n) is 12.8. The van der Waals surface area contributed by atoms with Gasteiger partial charge in [0.1, 0.15) is 5.82 Å². The van der Waals surface area contributed by atoms with Crippen molar-refractivity contribution in [2.45, 2.75) is 6.54 Å². The Morgan fingerprint density at radius 1 is 0.917 bits per heavy atom. The Morgan fingerprint density at radius 3 is 2.58 bits per heavy atom. The van der Waals surface area contributed by atoms with Gasteiger partial charge in [0.15, 0.2) is 0 Å². The van der Waals surface area contributed by atoms with Crippen LogP contribution in [0, 0.1) is 0 Å². The van der Waals surface area contributed by atoms with E-state index in [1.807, 2.05) is 48.5 Å². The molecule has 0 aliphatic carbocycles. The van der Waals surface area contributed by atoms with Gasteiger partial charge in [-0.2, -0.15) is 0 Å². The minimum Gasteiger partial charge on any atom is -0.319 e. The zero-order chi connectivity index (χ0) is 16.5. The molecule has 0 aliphatic heterocycles. The predicted octanol–water partition coefficient (Wildman–Crippen LogP) is 6.17. The molecule has 2 nitrogen and oxygen atoms in total. The summed E-state index contributed by atoms with van der Waals surface area (Å²) in [5, 5.41) is 0.716. The van der Waals surface area contributed by atoms with Crippen LogP contribution in [-0.4, -0.2) is 9.55 Å². The van der Waals surface area contributed by atoms with Crippen molar-refractivity contribution in [1.82, 2.24) is 9.55 Å². The summed E-state index contributed by atoms with van der Waals surface area (Å²) in [5.74, 6) is 0.929. The SMILES string of the molecule is Clc1cccc(-c2nc3ccccc3n2Cc2cccc(Br)c2)c1. The number of rotatable bonds is 3.